The van der Waals surface area contributed by atoms with Crippen molar-refractivity contribution in [2.45, 2.75) is 0 Å². The van der Waals surface area contributed by atoms with Crippen LogP contribution >= 0.6 is 15.9 Å². The number of halogens is 1. The number of carboxylic acids is 1. The van der Waals surface area contributed by atoms with Gasteiger partial charge in [0.25, 0.3) is 0 Å². The Hall–Kier alpha value is -1.11. The molecule has 0 atom stereocenters. The van der Waals surface area contributed by atoms with Crippen LogP contribution in [0.4, 0.5) is 5.69 Å². The molecular weight excluding hydrogens is 314 g/mol. The van der Waals surface area contributed by atoms with E-state index in [1.807, 2.05) is 11.0 Å². The second-order valence-electron chi connectivity index (χ2n) is 3.91. The highest BCUT2D eigenvalue weighted by molar-refractivity contribution is 9.10. The number of hydrogen-bond donors (Lipinski definition) is 1. The average molecular weight is 332 g/mol. The molecule has 106 valence electrons. The lowest BCUT2D eigenvalue weighted by molar-refractivity contribution is 0.0696. The minimum Gasteiger partial charge on any atom is -0.478 e. The number of carbonyl (C=O) groups is 1. The Morgan fingerprint density at radius 1 is 1.26 bits per heavy atom. The topological polar surface area (TPSA) is 59.0 Å². The Balaban J connectivity index is 3.06. The Labute approximate surface area is 121 Å². The molecule has 0 aliphatic heterocycles. The third-order valence-electron chi connectivity index (χ3n) is 2.68. The highest BCUT2D eigenvalue weighted by Crippen LogP contribution is 2.27. The van der Waals surface area contributed by atoms with Crippen molar-refractivity contribution in [2.75, 3.05) is 45.4 Å². The van der Waals surface area contributed by atoms with E-state index in [4.69, 9.17) is 9.47 Å². The van der Waals surface area contributed by atoms with Gasteiger partial charge in [0.1, 0.15) is 0 Å². The molecule has 1 aromatic carbocycles. The van der Waals surface area contributed by atoms with E-state index in [-0.39, 0.29) is 5.56 Å². The van der Waals surface area contributed by atoms with Crippen LogP contribution in [-0.2, 0) is 9.47 Å². The molecule has 0 heterocycles. The lowest BCUT2D eigenvalue weighted by Gasteiger charge is -2.26. The summed E-state index contributed by atoms with van der Waals surface area (Å²) in [5.41, 5.74) is 0.922. The predicted octanol–water partition coefficient (Wildman–Crippen LogP) is 2.25. The summed E-state index contributed by atoms with van der Waals surface area (Å²) in [4.78, 5) is 13.3. The zero-order valence-electron chi connectivity index (χ0n) is 11.1. The summed E-state index contributed by atoms with van der Waals surface area (Å²) in [5.74, 6) is -0.956. The third-order valence-corrected chi connectivity index (χ3v) is 3.34. The van der Waals surface area contributed by atoms with Crippen LogP contribution in [0.25, 0.3) is 0 Å². The molecule has 0 radical (unpaired) electrons. The Bertz CT molecular complexity index is 417. The molecule has 0 bridgehead atoms. The quantitative estimate of drug-likeness (QED) is 0.791. The van der Waals surface area contributed by atoms with Crippen LogP contribution in [0.5, 0.6) is 0 Å². The van der Waals surface area contributed by atoms with Gasteiger partial charge >= 0.3 is 5.97 Å². The molecule has 0 saturated heterocycles. The van der Waals surface area contributed by atoms with Gasteiger partial charge in [-0.05, 0) is 28.1 Å². The fourth-order valence-electron chi connectivity index (χ4n) is 1.74. The van der Waals surface area contributed by atoms with Crippen molar-refractivity contribution < 1.29 is 19.4 Å². The van der Waals surface area contributed by atoms with Crippen molar-refractivity contribution in [3.8, 4) is 0 Å². The monoisotopic (exact) mass is 331 g/mol. The zero-order chi connectivity index (χ0) is 14.3. The lowest BCUT2D eigenvalue weighted by Crippen LogP contribution is -2.32. The first-order valence-corrected chi connectivity index (χ1v) is 6.65. The molecule has 0 fully saturated rings. The Morgan fingerprint density at radius 3 is 2.32 bits per heavy atom. The lowest BCUT2D eigenvalue weighted by atomic mass is 10.1. The molecule has 5 nitrogen and oxygen atoms in total. The highest BCUT2D eigenvalue weighted by Gasteiger charge is 2.18. The summed E-state index contributed by atoms with van der Waals surface area (Å²) in [6.07, 6.45) is 0. The van der Waals surface area contributed by atoms with E-state index in [1.54, 1.807) is 26.4 Å². The van der Waals surface area contributed by atoms with Crippen LogP contribution in [0.2, 0.25) is 0 Å². The zero-order valence-corrected chi connectivity index (χ0v) is 12.6. The average Bonchev–Trinajstić information content (AvgIpc) is 2.38. The summed E-state index contributed by atoms with van der Waals surface area (Å²) in [5, 5.41) is 9.33. The van der Waals surface area contributed by atoms with Crippen LogP contribution in [-0.4, -0.2) is 51.6 Å². The van der Waals surface area contributed by atoms with Crippen LogP contribution < -0.4 is 4.90 Å². The molecule has 0 saturated carbocycles. The van der Waals surface area contributed by atoms with Crippen LogP contribution in [0.15, 0.2) is 22.7 Å². The molecule has 0 spiro atoms. The Morgan fingerprint density at radius 2 is 1.84 bits per heavy atom. The SMILES string of the molecule is COCCN(CCOC)c1cccc(Br)c1C(=O)O. The van der Waals surface area contributed by atoms with Gasteiger partial charge in [0.05, 0.1) is 24.5 Å². The normalized spacial score (nSPS) is 10.5. The second kappa shape index (κ2) is 8.14. The van der Waals surface area contributed by atoms with E-state index in [1.165, 1.54) is 0 Å². The minimum atomic E-state index is -0.956. The minimum absolute atomic E-state index is 0.259. The summed E-state index contributed by atoms with van der Waals surface area (Å²) in [6.45, 7) is 2.26. The van der Waals surface area contributed by atoms with E-state index in [9.17, 15) is 9.90 Å². The summed E-state index contributed by atoms with van der Waals surface area (Å²) in [7, 11) is 3.24. The molecule has 0 aliphatic rings. The maximum absolute atomic E-state index is 11.4. The number of nitrogens with zero attached hydrogens (tertiary/aromatic N) is 1. The van der Waals surface area contributed by atoms with Crippen molar-refractivity contribution >= 4 is 27.6 Å². The van der Waals surface area contributed by atoms with Gasteiger partial charge in [-0.2, -0.15) is 0 Å². The third kappa shape index (κ3) is 4.49. The number of hydrogen-bond acceptors (Lipinski definition) is 4. The van der Waals surface area contributed by atoms with Crippen LogP contribution in [0, 0.1) is 0 Å². The maximum Gasteiger partial charge on any atom is 0.338 e. The van der Waals surface area contributed by atoms with Gasteiger partial charge in [-0.1, -0.05) is 6.07 Å². The second-order valence-corrected chi connectivity index (χ2v) is 4.77. The number of methoxy groups -OCH3 is 2. The number of ether oxygens (including phenoxy) is 2. The van der Waals surface area contributed by atoms with Crippen molar-refractivity contribution in [2.24, 2.45) is 0 Å². The van der Waals surface area contributed by atoms with Gasteiger partial charge < -0.3 is 19.5 Å². The van der Waals surface area contributed by atoms with Gasteiger partial charge in [-0.15, -0.1) is 0 Å². The van der Waals surface area contributed by atoms with E-state index in [0.29, 0.717) is 36.5 Å². The summed E-state index contributed by atoms with van der Waals surface area (Å²) < 4.78 is 10.7. The van der Waals surface area contributed by atoms with Gasteiger partial charge in [-0.3, -0.25) is 0 Å². The molecule has 0 aromatic heterocycles. The maximum atomic E-state index is 11.4. The molecule has 19 heavy (non-hydrogen) atoms. The van der Waals surface area contributed by atoms with Crippen LogP contribution in [0.1, 0.15) is 10.4 Å². The molecule has 1 rings (SSSR count). The van der Waals surface area contributed by atoms with Crippen molar-refractivity contribution in [1.29, 1.82) is 0 Å². The number of rotatable bonds is 8. The molecule has 1 N–H and O–H groups in total. The highest BCUT2D eigenvalue weighted by atomic mass is 79.9. The van der Waals surface area contributed by atoms with E-state index >= 15 is 0 Å². The molecule has 0 aliphatic carbocycles. The van der Waals surface area contributed by atoms with Crippen molar-refractivity contribution in [3.05, 3.63) is 28.2 Å². The fourth-order valence-corrected chi connectivity index (χ4v) is 2.27. The van der Waals surface area contributed by atoms with Crippen LogP contribution in [0.3, 0.4) is 0 Å². The first-order chi connectivity index (χ1) is 9.11. The van der Waals surface area contributed by atoms with Gasteiger partial charge in [-0.25, -0.2) is 4.79 Å². The van der Waals surface area contributed by atoms with E-state index < -0.39 is 5.97 Å². The number of aromatic carboxylic acids is 1. The predicted molar refractivity (Wildman–Crippen MR) is 77.1 cm³/mol. The summed E-state index contributed by atoms with van der Waals surface area (Å²) in [6, 6.07) is 5.33. The van der Waals surface area contributed by atoms with Crippen molar-refractivity contribution in [1.82, 2.24) is 0 Å². The molecule has 1 aromatic rings. The number of benzene rings is 1. The first-order valence-electron chi connectivity index (χ1n) is 5.86. The van der Waals surface area contributed by atoms with Gasteiger partial charge in [0.2, 0.25) is 0 Å². The van der Waals surface area contributed by atoms with Gasteiger partial charge in [0.15, 0.2) is 0 Å². The number of anilines is 1. The summed E-state index contributed by atoms with van der Waals surface area (Å²) >= 11 is 3.28. The first kappa shape index (κ1) is 15.9. The standard InChI is InChI=1S/C13H18BrNO4/c1-18-8-6-15(7-9-19-2)11-5-3-4-10(14)12(11)13(16)17/h3-5H,6-9H2,1-2H3,(H,16,17). The largest absolute Gasteiger partial charge is 0.478 e. The molecule has 0 amide bonds. The smallest absolute Gasteiger partial charge is 0.338 e. The fraction of sp³-hybridized carbons (Fsp3) is 0.462. The van der Waals surface area contributed by atoms with E-state index in [2.05, 4.69) is 15.9 Å². The Kier molecular flexibility index (Phi) is 6.83. The van der Waals surface area contributed by atoms with E-state index in [0.717, 1.165) is 0 Å². The van der Waals surface area contributed by atoms with Gasteiger partial charge in [0, 0.05) is 31.8 Å². The number of carboxylic acid groups (broad SMARTS) is 1. The molecular formula is C13H18BrNO4. The molecule has 0 unspecified atom stereocenters. The molecule has 6 heteroatoms. The van der Waals surface area contributed by atoms with Crippen molar-refractivity contribution in [3.63, 3.8) is 0 Å².